The van der Waals surface area contributed by atoms with Crippen molar-refractivity contribution >= 4 is 29.9 Å². The normalized spacial score (nSPS) is 17.2. The molecule has 2 N–H and O–H groups in total. The van der Waals surface area contributed by atoms with E-state index in [0.29, 0.717) is 0 Å². The van der Waals surface area contributed by atoms with Gasteiger partial charge in [0.1, 0.15) is 0 Å². The Morgan fingerprint density at radius 3 is 2.43 bits per heavy atom. The summed E-state index contributed by atoms with van der Waals surface area (Å²) in [5, 5.41) is 6.70. The Bertz CT molecular complexity index is 286. The molecule has 0 saturated carbocycles. The fraction of sp³-hybridized carbons (Fsp3) is 0.933. The topological polar surface area (TPSA) is 48.9 Å². The van der Waals surface area contributed by atoms with Crippen LogP contribution in [0.15, 0.2) is 4.99 Å². The molecule has 0 amide bonds. The van der Waals surface area contributed by atoms with Gasteiger partial charge in [-0.15, -0.1) is 24.0 Å². The third-order valence-corrected chi connectivity index (χ3v) is 3.09. The fourth-order valence-electron chi connectivity index (χ4n) is 2.13. The quantitative estimate of drug-likeness (QED) is 0.304. The maximum Gasteiger partial charge on any atom is 0.191 e. The number of aliphatic imine (C=N–C) groups is 1. The molecule has 5 nitrogen and oxygen atoms in total. The van der Waals surface area contributed by atoms with Gasteiger partial charge >= 0.3 is 0 Å². The molecule has 0 aromatic rings. The first kappa shape index (κ1) is 20.9. The van der Waals surface area contributed by atoms with Crippen LogP contribution in [0, 0.1) is 0 Å². The van der Waals surface area contributed by atoms with Crippen LogP contribution in [0.2, 0.25) is 0 Å². The number of hydrogen-bond acceptors (Lipinski definition) is 3. The molecule has 0 aromatic heterocycles. The van der Waals surface area contributed by atoms with Gasteiger partial charge in [-0.2, -0.15) is 0 Å². The molecule has 1 rings (SSSR count). The van der Waals surface area contributed by atoms with Crippen molar-refractivity contribution in [3.05, 3.63) is 0 Å². The summed E-state index contributed by atoms with van der Waals surface area (Å²) in [5.41, 5.74) is 0.0504. The highest BCUT2D eigenvalue weighted by atomic mass is 127. The molecule has 6 heteroatoms. The summed E-state index contributed by atoms with van der Waals surface area (Å²) in [6.45, 7) is 15.4. The molecule has 126 valence electrons. The van der Waals surface area contributed by atoms with Gasteiger partial charge in [0.25, 0.3) is 0 Å². The van der Waals surface area contributed by atoms with Gasteiger partial charge in [0.05, 0.1) is 13.2 Å². The lowest BCUT2D eigenvalue weighted by Crippen LogP contribution is -2.47. The zero-order chi connectivity index (χ0) is 14.8. The summed E-state index contributed by atoms with van der Waals surface area (Å²) in [6, 6.07) is 0. The second-order valence-electron chi connectivity index (χ2n) is 6.30. The minimum atomic E-state index is 0. The summed E-state index contributed by atoms with van der Waals surface area (Å²) in [7, 11) is 0. The minimum absolute atomic E-state index is 0. The molecule has 0 atom stereocenters. The molecule has 1 aliphatic heterocycles. The first-order valence-electron chi connectivity index (χ1n) is 7.88. The monoisotopic (exact) mass is 412 g/mol. The Balaban J connectivity index is 0.00000400. The van der Waals surface area contributed by atoms with Crippen molar-refractivity contribution in [2.75, 3.05) is 45.9 Å². The molecule has 1 heterocycles. The number of hydrogen-bond donors (Lipinski definition) is 2. The van der Waals surface area contributed by atoms with Gasteiger partial charge < -0.3 is 15.4 Å². The third kappa shape index (κ3) is 11.2. The average Bonchev–Trinajstić information content (AvgIpc) is 2.38. The lowest BCUT2D eigenvalue weighted by Gasteiger charge is -2.26. The highest BCUT2D eigenvalue weighted by Gasteiger charge is 2.11. The van der Waals surface area contributed by atoms with Gasteiger partial charge in [-0.25, -0.2) is 0 Å². The number of halogens is 1. The van der Waals surface area contributed by atoms with Gasteiger partial charge in [-0.05, 0) is 47.1 Å². The van der Waals surface area contributed by atoms with Crippen molar-refractivity contribution in [1.82, 2.24) is 15.5 Å². The maximum atomic E-state index is 5.35. The van der Waals surface area contributed by atoms with E-state index < -0.39 is 0 Å². The van der Waals surface area contributed by atoms with E-state index in [1.165, 1.54) is 13.0 Å². The third-order valence-electron chi connectivity index (χ3n) is 3.09. The Morgan fingerprint density at radius 1 is 1.19 bits per heavy atom. The van der Waals surface area contributed by atoms with Crippen molar-refractivity contribution in [3.63, 3.8) is 0 Å². The standard InChI is InChI=1S/C15H32N4O.HI/c1-5-16-14(18-15(2,3)4)17-8-6-7-9-19-10-12-20-13-11-19;/h5-13H2,1-4H3,(H2,16,17,18);1H. The van der Waals surface area contributed by atoms with E-state index in [4.69, 9.17) is 4.74 Å². The van der Waals surface area contributed by atoms with Gasteiger partial charge in [-0.1, -0.05) is 0 Å². The van der Waals surface area contributed by atoms with Crippen molar-refractivity contribution in [3.8, 4) is 0 Å². The predicted molar refractivity (Wildman–Crippen MR) is 101 cm³/mol. The van der Waals surface area contributed by atoms with Crippen molar-refractivity contribution in [1.29, 1.82) is 0 Å². The SMILES string of the molecule is CCNC(=NCCCCN1CCOCC1)NC(C)(C)C.I. The Labute approximate surface area is 147 Å². The zero-order valence-electron chi connectivity index (χ0n) is 14.1. The highest BCUT2D eigenvalue weighted by molar-refractivity contribution is 14.0. The number of unbranched alkanes of at least 4 members (excludes halogenated alkanes) is 1. The Morgan fingerprint density at radius 2 is 1.86 bits per heavy atom. The van der Waals surface area contributed by atoms with E-state index in [-0.39, 0.29) is 29.5 Å². The summed E-state index contributed by atoms with van der Waals surface area (Å²) in [6.07, 6.45) is 2.34. The lowest BCUT2D eigenvalue weighted by molar-refractivity contribution is 0.0373. The van der Waals surface area contributed by atoms with E-state index in [1.54, 1.807) is 0 Å². The smallest absolute Gasteiger partial charge is 0.191 e. The van der Waals surface area contributed by atoms with Crippen LogP contribution >= 0.6 is 24.0 Å². The Hall–Kier alpha value is -0.0800. The average molecular weight is 412 g/mol. The first-order valence-corrected chi connectivity index (χ1v) is 7.88. The molecule has 0 unspecified atom stereocenters. The fourth-order valence-corrected chi connectivity index (χ4v) is 2.13. The molecule has 0 radical (unpaired) electrons. The summed E-state index contributed by atoms with van der Waals surface area (Å²) < 4.78 is 5.35. The maximum absolute atomic E-state index is 5.35. The van der Waals surface area contributed by atoms with Gasteiger partial charge in [0.2, 0.25) is 0 Å². The Kier molecular flexibility index (Phi) is 11.4. The van der Waals surface area contributed by atoms with Crippen LogP contribution in [-0.4, -0.2) is 62.3 Å². The van der Waals surface area contributed by atoms with E-state index >= 15 is 0 Å². The van der Waals surface area contributed by atoms with Crippen molar-refractivity contribution in [2.24, 2.45) is 4.99 Å². The largest absolute Gasteiger partial charge is 0.379 e. The lowest BCUT2D eigenvalue weighted by atomic mass is 10.1. The zero-order valence-corrected chi connectivity index (χ0v) is 16.4. The van der Waals surface area contributed by atoms with E-state index in [0.717, 1.165) is 51.8 Å². The van der Waals surface area contributed by atoms with E-state index in [2.05, 4.69) is 48.2 Å². The van der Waals surface area contributed by atoms with E-state index in [1.807, 2.05) is 0 Å². The number of guanidine groups is 1. The van der Waals surface area contributed by atoms with Gasteiger partial charge in [0, 0.05) is 31.7 Å². The highest BCUT2D eigenvalue weighted by Crippen LogP contribution is 2.01. The molecule has 0 aliphatic carbocycles. The van der Waals surface area contributed by atoms with Crippen LogP contribution in [0.1, 0.15) is 40.5 Å². The van der Waals surface area contributed by atoms with Crippen LogP contribution in [0.3, 0.4) is 0 Å². The number of morpholine rings is 1. The van der Waals surface area contributed by atoms with Crippen LogP contribution in [0.25, 0.3) is 0 Å². The number of rotatable bonds is 6. The van der Waals surface area contributed by atoms with Crippen LogP contribution in [0.4, 0.5) is 0 Å². The minimum Gasteiger partial charge on any atom is -0.379 e. The van der Waals surface area contributed by atoms with E-state index in [9.17, 15) is 0 Å². The molecule has 0 aromatic carbocycles. The van der Waals surface area contributed by atoms with Crippen molar-refractivity contribution < 1.29 is 4.74 Å². The number of nitrogens with zero attached hydrogens (tertiary/aromatic N) is 2. The molecule has 1 aliphatic rings. The first-order chi connectivity index (χ1) is 9.51. The molecule has 1 saturated heterocycles. The molecule has 0 spiro atoms. The number of ether oxygens (including phenoxy) is 1. The van der Waals surface area contributed by atoms with Crippen LogP contribution in [0.5, 0.6) is 0 Å². The van der Waals surface area contributed by atoms with Crippen LogP contribution < -0.4 is 10.6 Å². The second-order valence-corrected chi connectivity index (χ2v) is 6.30. The molecular formula is C15H33IN4O. The molecule has 21 heavy (non-hydrogen) atoms. The van der Waals surface area contributed by atoms with Gasteiger partial charge in [0.15, 0.2) is 5.96 Å². The predicted octanol–water partition coefficient (Wildman–Crippen LogP) is 2.07. The summed E-state index contributed by atoms with van der Waals surface area (Å²) in [4.78, 5) is 7.11. The summed E-state index contributed by atoms with van der Waals surface area (Å²) in [5.74, 6) is 0.923. The molecular weight excluding hydrogens is 379 g/mol. The summed E-state index contributed by atoms with van der Waals surface area (Å²) >= 11 is 0. The second kappa shape index (κ2) is 11.5. The molecule has 0 bridgehead atoms. The number of nitrogens with one attached hydrogen (secondary N) is 2. The van der Waals surface area contributed by atoms with Crippen LogP contribution in [-0.2, 0) is 4.74 Å². The molecule has 1 fully saturated rings. The van der Waals surface area contributed by atoms with Gasteiger partial charge in [-0.3, -0.25) is 9.89 Å². The van der Waals surface area contributed by atoms with Crippen molar-refractivity contribution in [2.45, 2.75) is 46.1 Å².